The molecule has 5 aliphatic rings. The van der Waals surface area contributed by atoms with Crippen LogP contribution in [-0.2, 0) is 9.53 Å². The van der Waals surface area contributed by atoms with Crippen LogP contribution in [0.4, 0.5) is 0 Å². The zero-order chi connectivity index (χ0) is 25.8. The van der Waals surface area contributed by atoms with Gasteiger partial charge in [-0.25, -0.2) is 0 Å². The van der Waals surface area contributed by atoms with E-state index < -0.39 is 0 Å². The lowest BCUT2D eigenvalue weighted by molar-refractivity contribution is -0.278. The molecule has 11 atom stereocenters. The van der Waals surface area contributed by atoms with Gasteiger partial charge in [0.1, 0.15) is 6.10 Å². The SMILES string of the molecule is CC(=O)O[C@H]1CC[C@]2(C)[C@H]3CC[C@@H]4[C@H]5[C@H](C)C(C)=CC[C@]5(C)CC[C@@]4(C)[C@]3(C)C[C@@H](O)[C@H]2C1(C)C. The topological polar surface area (TPSA) is 46.5 Å². The minimum absolute atomic E-state index is 0.0787. The maximum Gasteiger partial charge on any atom is 0.302 e. The summed E-state index contributed by atoms with van der Waals surface area (Å²) in [6.45, 7) is 21.2. The first-order valence-corrected chi connectivity index (χ1v) is 14.6. The number of carbonyl (C=O) groups is 1. The Morgan fingerprint density at radius 3 is 2.34 bits per heavy atom. The van der Waals surface area contributed by atoms with Crippen molar-refractivity contribution < 1.29 is 14.6 Å². The molecule has 0 saturated heterocycles. The molecule has 0 radical (unpaired) electrons. The Bertz CT molecular complexity index is 920. The molecule has 3 heteroatoms. The number of carbonyl (C=O) groups excluding carboxylic acids is 1. The number of esters is 1. The predicted molar refractivity (Wildman–Crippen MR) is 142 cm³/mol. The van der Waals surface area contributed by atoms with Gasteiger partial charge < -0.3 is 9.84 Å². The molecule has 0 heterocycles. The number of hydrogen-bond acceptors (Lipinski definition) is 3. The van der Waals surface area contributed by atoms with Crippen LogP contribution in [0, 0.1) is 56.7 Å². The monoisotopic (exact) mass is 484 g/mol. The fraction of sp³-hybridized carbons (Fsp3) is 0.906. The van der Waals surface area contributed by atoms with Crippen LogP contribution in [0.15, 0.2) is 11.6 Å². The third kappa shape index (κ3) is 3.28. The first kappa shape index (κ1) is 25.8. The molecule has 0 spiro atoms. The van der Waals surface area contributed by atoms with Crippen molar-refractivity contribution in [1.82, 2.24) is 0 Å². The molecule has 0 aliphatic heterocycles. The molecule has 4 fully saturated rings. The summed E-state index contributed by atoms with van der Waals surface area (Å²) in [5.74, 6) is 2.74. The minimum Gasteiger partial charge on any atom is -0.462 e. The van der Waals surface area contributed by atoms with Gasteiger partial charge in [0, 0.05) is 12.3 Å². The Morgan fingerprint density at radius 1 is 1.00 bits per heavy atom. The number of fused-ring (bicyclic) bond motifs is 7. The molecule has 35 heavy (non-hydrogen) atoms. The van der Waals surface area contributed by atoms with Crippen LogP contribution >= 0.6 is 0 Å². The van der Waals surface area contributed by atoms with Crippen molar-refractivity contribution in [2.75, 3.05) is 0 Å². The van der Waals surface area contributed by atoms with Gasteiger partial charge in [-0.05, 0) is 110 Å². The lowest BCUT2D eigenvalue weighted by atomic mass is 9.31. The van der Waals surface area contributed by atoms with Crippen molar-refractivity contribution in [3.8, 4) is 0 Å². The van der Waals surface area contributed by atoms with E-state index in [0.29, 0.717) is 17.3 Å². The summed E-state index contributed by atoms with van der Waals surface area (Å²) < 4.78 is 5.85. The summed E-state index contributed by atoms with van der Waals surface area (Å²) in [7, 11) is 0. The predicted octanol–water partition coefficient (Wildman–Crippen LogP) is 7.57. The maximum absolute atomic E-state index is 12.0. The van der Waals surface area contributed by atoms with E-state index in [1.54, 1.807) is 5.57 Å². The lowest BCUT2D eigenvalue weighted by Crippen LogP contribution is -2.70. The van der Waals surface area contributed by atoms with Gasteiger partial charge in [0.15, 0.2) is 0 Å². The molecule has 0 aromatic carbocycles. The molecule has 0 unspecified atom stereocenters. The third-order valence-electron chi connectivity index (χ3n) is 13.7. The standard InChI is InChI=1S/C32H52O3/c1-19-12-14-29(6)16-17-31(8)22(26(29)20(19)2)10-11-24-30(7)15-13-25(35-21(3)33)28(4,5)27(30)23(34)18-32(24,31)9/h12,20,22-27,34H,10-11,13-18H2,1-9H3/t20-,22-,23-,24-,25+,26-,27+,29-,30-,31-,32-/m1/s1. The fourth-order valence-corrected chi connectivity index (χ4v) is 11.8. The van der Waals surface area contributed by atoms with Gasteiger partial charge in [0.25, 0.3) is 0 Å². The maximum atomic E-state index is 12.0. The summed E-state index contributed by atoms with van der Waals surface area (Å²) in [4.78, 5) is 11.9. The van der Waals surface area contributed by atoms with Crippen LogP contribution in [0.5, 0.6) is 0 Å². The van der Waals surface area contributed by atoms with Crippen molar-refractivity contribution in [3.05, 3.63) is 11.6 Å². The van der Waals surface area contributed by atoms with Gasteiger partial charge in [-0.3, -0.25) is 4.79 Å². The van der Waals surface area contributed by atoms with Crippen LogP contribution in [0.1, 0.15) is 114 Å². The highest BCUT2D eigenvalue weighted by atomic mass is 16.5. The number of aliphatic hydroxyl groups excluding tert-OH is 1. The largest absolute Gasteiger partial charge is 0.462 e. The fourth-order valence-electron chi connectivity index (χ4n) is 11.8. The van der Waals surface area contributed by atoms with Gasteiger partial charge in [-0.15, -0.1) is 0 Å². The zero-order valence-electron chi connectivity index (χ0n) is 24.0. The van der Waals surface area contributed by atoms with Crippen molar-refractivity contribution in [2.24, 2.45) is 56.7 Å². The van der Waals surface area contributed by atoms with E-state index in [0.717, 1.165) is 31.1 Å². The van der Waals surface area contributed by atoms with E-state index in [1.807, 2.05) is 0 Å². The minimum atomic E-state index is -0.344. The van der Waals surface area contributed by atoms with Crippen molar-refractivity contribution >= 4 is 5.97 Å². The van der Waals surface area contributed by atoms with Gasteiger partial charge >= 0.3 is 5.97 Å². The quantitative estimate of drug-likeness (QED) is 0.308. The van der Waals surface area contributed by atoms with E-state index in [4.69, 9.17) is 4.74 Å². The van der Waals surface area contributed by atoms with Crippen molar-refractivity contribution in [3.63, 3.8) is 0 Å². The molecular formula is C32H52O3. The number of rotatable bonds is 1. The summed E-state index contributed by atoms with van der Waals surface area (Å²) in [5.41, 5.74) is 2.29. The van der Waals surface area contributed by atoms with Gasteiger partial charge in [0.2, 0.25) is 0 Å². The average molecular weight is 485 g/mol. The highest BCUT2D eigenvalue weighted by Crippen LogP contribution is 2.76. The van der Waals surface area contributed by atoms with Gasteiger partial charge in [-0.2, -0.15) is 0 Å². The Balaban J connectivity index is 1.54. The smallest absolute Gasteiger partial charge is 0.302 e. The van der Waals surface area contributed by atoms with E-state index in [-0.39, 0.29) is 45.8 Å². The summed E-state index contributed by atoms with van der Waals surface area (Å²) in [6, 6.07) is 0. The van der Waals surface area contributed by atoms with Gasteiger partial charge in [0.05, 0.1) is 6.10 Å². The Kier molecular flexibility index (Phi) is 5.78. The van der Waals surface area contributed by atoms with Crippen LogP contribution in [0.3, 0.4) is 0 Å². The molecule has 5 rings (SSSR count). The molecule has 3 nitrogen and oxygen atoms in total. The molecule has 198 valence electrons. The van der Waals surface area contributed by atoms with E-state index >= 15 is 0 Å². The number of allylic oxidation sites excluding steroid dienone is 2. The molecular weight excluding hydrogens is 432 g/mol. The van der Waals surface area contributed by atoms with Crippen LogP contribution in [0.25, 0.3) is 0 Å². The zero-order valence-corrected chi connectivity index (χ0v) is 24.0. The highest BCUT2D eigenvalue weighted by Gasteiger charge is 2.71. The summed E-state index contributed by atoms with van der Waals surface area (Å²) in [5, 5.41) is 12.0. The second kappa shape index (κ2) is 7.84. The van der Waals surface area contributed by atoms with Crippen LogP contribution in [0.2, 0.25) is 0 Å². The van der Waals surface area contributed by atoms with Crippen LogP contribution in [-0.4, -0.2) is 23.3 Å². The summed E-state index contributed by atoms with van der Waals surface area (Å²) in [6.07, 6.45) is 11.4. The molecule has 0 bridgehead atoms. The second-order valence-corrected chi connectivity index (χ2v) is 15.4. The number of ether oxygens (including phenoxy) is 1. The first-order valence-electron chi connectivity index (χ1n) is 14.6. The van der Waals surface area contributed by atoms with Crippen molar-refractivity contribution in [1.29, 1.82) is 0 Å². The Labute approximate surface area is 214 Å². The second-order valence-electron chi connectivity index (χ2n) is 15.4. The lowest BCUT2D eigenvalue weighted by Gasteiger charge is -2.74. The third-order valence-corrected chi connectivity index (χ3v) is 13.7. The highest BCUT2D eigenvalue weighted by molar-refractivity contribution is 5.66. The summed E-state index contributed by atoms with van der Waals surface area (Å²) >= 11 is 0. The first-order chi connectivity index (χ1) is 16.1. The van der Waals surface area contributed by atoms with Crippen LogP contribution < -0.4 is 0 Å². The average Bonchev–Trinajstić information content (AvgIpc) is 2.74. The van der Waals surface area contributed by atoms with Crippen molar-refractivity contribution in [2.45, 2.75) is 126 Å². The Hall–Kier alpha value is -0.830. The van der Waals surface area contributed by atoms with E-state index in [1.165, 1.54) is 39.0 Å². The van der Waals surface area contributed by atoms with Gasteiger partial charge in [-0.1, -0.05) is 60.1 Å². The normalized spacial score (nSPS) is 54.9. The van der Waals surface area contributed by atoms with E-state index in [9.17, 15) is 9.90 Å². The molecule has 1 N–H and O–H groups in total. The number of aliphatic hydroxyl groups is 1. The molecule has 0 amide bonds. The Morgan fingerprint density at radius 2 is 1.69 bits per heavy atom. The van der Waals surface area contributed by atoms with E-state index in [2.05, 4.69) is 61.5 Å². The molecule has 4 saturated carbocycles. The number of hydrogen-bond donors (Lipinski definition) is 1. The molecule has 0 aromatic rings. The molecule has 5 aliphatic carbocycles. The molecule has 0 aromatic heterocycles.